The van der Waals surface area contributed by atoms with Crippen LogP contribution >= 0.6 is 0 Å². The summed E-state index contributed by atoms with van der Waals surface area (Å²) in [4.78, 5) is 17.6. The molecule has 2 aliphatic rings. The Kier molecular flexibility index (Phi) is 8.09. The van der Waals surface area contributed by atoms with Crippen LogP contribution in [0.1, 0.15) is 5.56 Å². The molecule has 0 radical (unpaired) electrons. The van der Waals surface area contributed by atoms with Crippen molar-refractivity contribution in [2.45, 2.75) is 6.54 Å². The lowest BCUT2D eigenvalue weighted by Gasteiger charge is -2.27. The summed E-state index contributed by atoms with van der Waals surface area (Å²) in [5.41, 5.74) is 1.61. The molecule has 1 N–H and O–H groups in total. The van der Waals surface area contributed by atoms with Crippen LogP contribution in [0.25, 0.3) is 16.7 Å². The standard InChI is InChI=1S/C28H31F2N7O3/c29-24-15-22(16-25(30)23(24)19-36-7-12-39-13-8-36)37-4-3-20-17-32-28(34-27(20)37)33-21-1-2-26(31-18-21)40-14-9-35-5-10-38-11-6-35/h1-4,15-18H,5-14,19H2,(H,32,33,34). The van der Waals surface area contributed by atoms with Crippen LogP contribution in [0.3, 0.4) is 0 Å². The van der Waals surface area contributed by atoms with Crippen LogP contribution in [-0.2, 0) is 16.0 Å². The van der Waals surface area contributed by atoms with E-state index in [2.05, 4.69) is 25.2 Å². The van der Waals surface area contributed by atoms with Crippen molar-refractivity contribution in [1.82, 2.24) is 29.3 Å². The van der Waals surface area contributed by atoms with E-state index < -0.39 is 11.6 Å². The summed E-state index contributed by atoms with van der Waals surface area (Å²) in [7, 11) is 0. The van der Waals surface area contributed by atoms with E-state index in [4.69, 9.17) is 14.2 Å². The summed E-state index contributed by atoms with van der Waals surface area (Å²) < 4.78 is 48.2. The first kappa shape index (κ1) is 26.5. The average Bonchev–Trinajstić information content (AvgIpc) is 3.40. The number of morpholine rings is 2. The Balaban J connectivity index is 1.13. The third kappa shape index (κ3) is 6.20. The van der Waals surface area contributed by atoms with Gasteiger partial charge in [0.1, 0.15) is 23.9 Å². The third-order valence-electron chi connectivity index (χ3n) is 7.07. The zero-order chi connectivity index (χ0) is 27.3. The average molecular weight is 552 g/mol. The van der Waals surface area contributed by atoms with Gasteiger partial charge < -0.3 is 24.1 Å². The van der Waals surface area contributed by atoms with Gasteiger partial charge in [0.2, 0.25) is 11.8 Å². The number of nitrogens with one attached hydrogen (secondary N) is 1. The molecule has 4 aromatic rings. The smallest absolute Gasteiger partial charge is 0.229 e. The Bertz CT molecular complexity index is 1410. The molecule has 6 rings (SSSR count). The molecule has 1 aromatic carbocycles. The van der Waals surface area contributed by atoms with Gasteiger partial charge in [-0.05, 0) is 24.3 Å². The fraction of sp³-hybridized carbons (Fsp3) is 0.393. The van der Waals surface area contributed by atoms with Gasteiger partial charge in [-0.3, -0.25) is 9.80 Å². The van der Waals surface area contributed by atoms with Gasteiger partial charge in [0.05, 0.1) is 44.0 Å². The second kappa shape index (κ2) is 12.2. The molecule has 5 heterocycles. The summed E-state index contributed by atoms with van der Waals surface area (Å²) in [6.45, 7) is 7.34. The number of nitrogens with zero attached hydrogens (tertiary/aromatic N) is 6. The molecule has 40 heavy (non-hydrogen) atoms. The second-order valence-electron chi connectivity index (χ2n) is 9.75. The number of fused-ring (bicyclic) bond motifs is 1. The lowest BCUT2D eigenvalue weighted by atomic mass is 10.1. The Labute approximate surface area is 230 Å². The quantitative estimate of drug-likeness (QED) is 0.336. The van der Waals surface area contributed by atoms with Crippen molar-refractivity contribution in [2.75, 3.05) is 71.1 Å². The Hall–Kier alpha value is -3.71. The normalized spacial score (nSPS) is 16.9. The maximum atomic E-state index is 15.0. The maximum Gasteiger partial charge on any atom is 0.229 e. The fourth-order valence-electron chi connectivity index (χ4n) is 4.82. The molecule has 0 atom stereocenters. The van der Waals surface area contributed by atoms with E-state index in [0.29, 0.717) is 61.8 Å². The Morgan fingerprint density at radius 3 is 2.30 bits per heavy atom. The van der Waals surface area contributed by atoms with E-state index in [1.54, 1.807) is 35.3 Å². The first-order chi connectivity index (χ1) is 19.6. The lowest BCUT2D eigenvalue weighted by Crippen LogP contribution is -2.38. The van der Waals surface area contributed by atoms with Crippen molar-refractivity contribution in [3.8, 4) is 11.6 Å². The van der Waals surface area contributed by atoms with Crippen molar-refractivity contribution < 1.29 is 23.0 Å². The minimum atomic E-state index is -0.589. The molecule has 2 fully saturated rings. The molecule has 0 unspecified atom stereocenters. The maximum absolute atomic E-state index is 15.0. The number of halogens is 2. The van der Waals surface area contributed by atoms with E-state index >= 15 is 8.78 Å². The van der Waals surface area contributed by atoms with E-state index in [9.17, 15) is 0 Å². The predicted octanol–water partition coefficient (Wildman–Crippen LogP) is 3.38. The highest BCUT2D eigenvalue weighted by molar-refractivity contribution is 5.78. The van der Waals surface area contributed by atoms with Crippen LogP contribution in [0.2, 0.25) is 0 Å². The molecular formula is C28H31F2N7O3. The molecule has 10 nitrogen and oxygen atoms in total. The number of pyridine rings is 1. The lowest BCUT2D eigenvalue weighted by molar-refractivity contribution is 0.0320. The van der Waals surface area contributed by atoms with Gasteiger partial charge in [0, 0.05) is 68.7 Å². The molecule has 0 aliphatic carbocycles. The summed E-state index contributed by atoms with van der Waals surface area (Å²) in [6, 6.07) is 8.11. The van der Waals surface area contributed by atoms with E-state index in [-0.39, 0.29) is 12.1 Å². The topological polar surface area (TPSA) is 89.8 Å². The molecule has 0 saturated carbocycles. The van der Waals surface area contributed by atoms with Crippen molar-refractivity contribution in [3.05, 3.63) is 66.1 Å². The van der Waals surface area contributed by atoms with Crippen LogP contribution < -0.4 is 10.1 Å². The fourth-order valence-corrected chi connectivity index (χ4v) is 4.82. The monoisotopic (exact) mass is 551 g/mol. The van der Waals surface area contributed by atoms with Crippen molar-refractivity contribution in [1.29, 1.82) is 0 Å². The van der Waals surface area contributed by atoms with Gasteiger partial charge in [-0.25, -0.2) is 18.7 Å². The zero-order valence-electron chi connectivity index (χ0n) is 22.1. The van der Waals surface area contributed by atoms with Gasteiger partial charge in [0.25, 0.3) is 0 Å². The Morgan fingerprint density at radius 1 is 0.875 bits per heavy atom. The van der Waals surface area contributed by atoms with Gasteiger partial charge in [0.15, 0.2) is 0 Å². The zero-order valence-corrected chi connectivity index (χ0v) is 22.1. The minimum Gasteiger partial charge on any atom is -0.476 e. The first-order valence-corrected chi connectivity index (χ1v) is 13.4. The van der Waals surface area contributed by atoms with Crippen LogP contribution in [0.15, 0.2) is 48.9 Å². The van der Waals surface area contributed by atoms with Crippen molar-refractivity contribution >= 4 is 22.7 Å². The summed E-state index contributed by atoms with van der Waals surface area (Å²) in [6.07, 6.45) is 5.04. The van der Waals surface area contributed by atoms with Crippen LogP contribution in [0.5, 0.6) is 5.88 Å². The molecule has 2 saturated heterocycles. The molecule has 3 aromatic heterocycles. The summed E-state index contributed by atoms with van der Waals surface area (Å²) >= 11 is 0. The number of ether oxygens (including phenoxy) is 3. The Morgan fingerprint density at radius 2 is 1.60 bits per heavy atom. The number of benzene rings is 1. The number of hydrogen-bond donors (Lipinski definition) is 1. The van der Waals surface area contributed by atoms with E-state index in [0.717, 1.165) is 38.2 Å². The van der Waals surface area contributed by atoms with Crippen molar-refractivity contribution in [2.24, 2.45) is 0 Å². The van der Waals surface area contributed by atoms with Gasteiger partial charge in [-0.2, -0.15) is 4.98 Å². The van der Waals surface area contributed by atoms with Crippen molar-refractivity contribution in [3.63, 3.8) is 0 Å². The number of anilines is 2. The highest BCUT2D eigenvalue weighted by Gasteiger charge is 2.19. The van der Waals surface area contributed by atoms with Crippen LogP contribution in [0.4, 0.5) is 20.4 Å². The highest BCUT2D eigenvalue weighted by Crippen LogP contribution is 2.25. The summed E-state index contributed by atoms with van der Waals surface area (Å²) in [5.74, 6) is -0.312. The molecule has 2 aliphatic heterocycles. The molecule has 0 bridgehead atoms. The van der Waals surface area contributed by atoms with Gasteiger partial charge >= 0.3 is 0 Å². The third-order valence-corrected chi connectivity index (χ3v) is 7.07. The predicted molar refractivity (Wildman–Crippen MR) is 145 cm³/mol. The number of rotatable bonds is 9. The van der Waals surface area contributed by atoms with Gasteiger partial charge in [-0.15, -0.1) is 0 Å². The first-order valence-electron chi connectivity index (χ1n) is 13.4. The van der Waals surface area contributed by atoms with Crippen LogP contribution in [-0.4, -0.2) is 95.1 Å². The van der Waals surface area contributed by atoms with Crippen LogP contribution in [0, 0.1) is 11.6 Å². The largest absolute Gasteiger partial charge is 0.476 e. The molecule has 210 valence electrons. The molecule has 0 spiro atoms. The summed E-state index contributed by atoms with van der Waals surface area (Å²) in [5, 5.41) is 3.88. The SMILES string of the molecule is Fc1cc(-n2ccc3cnc(Nc4ccc(OCCN5CCOCC5)nc4)nc32)cc(F)c1CN1CCOCC1. The number of aromatic nitrogens is 4. The molecule has 12 heteroatoms. The molecule has 0 amide bonds. The second-order valence-corrected chi connectivity index (χ2v) is 9.75. The molecular weight excluding hydrogens is 520 g/mol. The minimum absolute atomic E-state index is 0.0557. The van der Waals surface area contributed by atoms with Gasteiger partial charge in [-0.1, -0.05) is 0 Å². The van der Waals surface area contributed by atoms with E-state index in [1.807, 2.05) is 11.0 Å². The highest BCUT2D eigenvalue weighted by atomic mass is 19.1. The number of hydrogen-bond acceptors (Lipinski definition) is 9. The van der Waals surface area contributed by atoms with E-state index in [1.165, 1.54) is 12.1 Å².